The zero-order valence-electron chi connectivity index (χ0n) is 9.71. The molecule has 0 aliphatic rings. The van der Waals surface area contributed by atoms with Crippen LogP contribution >= 0.6 is 0 Å². The predicted octanol–water partition coefficient (Wildman–Crippen LogP) is 2.61. The summed E-state index contributed by atoms with van der Waals surface area (Å²) in [5.74, 6) is 0. The van der Waals surface area contributed by atoms with Crippen molar-refractivity contribution in [1.82, 2.24) is 0 Å². The highest BCUT2D eigenvalue weighted by Gasteiger charge is 2.45. The van der Waals surface area contributed by atoms with Crippen LogP contribution in [-0.2, 0) is 13.3 Å². The van der Waals surface area contributed by atoms with Crippen molar-refractivity contribution in [3.05, 3.63) is 12.7 Å². The molecule has 0 aliphatic heterocycles. The smallest absolute Gasteiger partial charge is 0.373 e. The van der Waals surface area contributed by atoms with Gasteiger partial charge in [0.2, 0.25) is 0 Å². The van der Waals surface area contributed by atoms with Crippen molar-refractivity contribution in [2.75, 3.05) is 19.8 Å². The zero-order chi connectivity index (χ0) is 11.0. The monoisotopic (exact) mass is 218 g/mol. The molecule has 0 aromatic heterocycles. The molecule has 4 heteroatoms. The van der Waals surface area contributed by atoms with Gasteiger partial charge in [-0.15, -0.1) is 6.58 Å². The Morgan fingerprint density at radius 2 is 1.43 bits per heavy atom. The molecule has 0 heterocycles. The largest absolute Gasteiger partial charge is 0.507 e. The summed E-state index contributed by atoms with van der Waals surface area (Å²) in [4.78, 5) is 0. The van der Waals surface area contributed by atoms with Crippen molar-refractivity contribution in [3.8, 4) is 0 Å². The highest BCUT2D eigenvalue weighted by Crippen LogP contribution is 2.26. The molecule has 1 atom stereocenters. The Labute approximate surface area is 88.4 Å². The van der Waals surface area contributed by atoms with Crippen LogP contribution in [0.4, 0.5) is 0 Å². The van der Waals surface area contributed by atoms with Gasteiger partial charge in [-0.1, -0.05) is 13.0 Å². The summed E-state index contributed by atoms with van der Waals surface area (Å²) in [6.45, 7) is 13.5. The Balaban J connectivity index is 4.61. The molecular formula is C10H22O3Si. The molecule has 0 aromatic rings. The van der Waals surface area contributed by atoms with Crippen LogP contribution in [0.2, 0.25) is 5.54 Å². The molecule has 0 aliphatic carbocycles. The first-order chi connectivity index (χ1) is 6.66. The van der Waals surface area contributed by atoms with Gasteiger partial charge in [0.15, 0.2) is 0 Å². The van der Waals surface area contributed by atoms with Crippen molar-refractivity contribution < 1.29 is 13.3 Å². The van der Waals surface area contributed by atoms with Gasteiger partial charge in [0.1, 0.15) is 0 Å². The molecule has 0 saturated carbocycles. The lowest BCUT2D eigenvalue weighted by atomic mass is 10.5. The van der Waals surface area contributed by atoms with Crippen LogP contribution in [0.3, 0.4) is 0 Å². The summed E-state index contributed by atoms with van der Waals surface area (Å²) in [7, 11) is -2.52. The Kier molecular flexibility index (Phi) is 7.09. The molecule has 0 amide bonds. The van der Waals surface area contributed by atoms with Gasteiger partial charge in [-0.25, -0.2) is 0 Å². The number of hydrogen-bond donors (Lipinski definition) is 0. The fourth-order valence-corrected chi connectivity index (χ4v) is 3.80. The minimum absolute atomic E-state index is 0.141. The highest BCUT2D eigenvalue weighted by molar-refractivity contribution is 6.62. The van der Waals surface area contributed by atoms with E-state index in [0.29, 0.717) is 19.8 Å². The van der Waals surface area contributed by atoms with Crippen LogP contribution in [0.5, 0.6) is 0 Å². The van der Waals surface area contributed by atoms with Crippen LogP contribution in [-0.4, -0.2) is 28.6 Å². The maximum Gasteiger partial charge on any atom is 0.507 e. The second kappa shape index (κ2) is 7.17. The van der Waals surface area contributed by atoms with Gasteiger partial charge in [0.05, 0.1) is 0 Å². The molecule has 84 valence electrons. The van der Waals surface area contributed by atoms with Crippen LogP contribution in [0, 0.1) is 0 Å². The van der Waals surface area contributed by atoms with E-state index in [2.05, 4.69) is 6.58 Å². The van der Waals surface area contributed by atoms with Gasteiger partial charge >= 0.3 is 8.80 Å². The van der Waals surface area contributed by atoms with Gasteiger partial charge in [0, 0.05) is 25.4 Å². The van der Waals surface area contributed by atoms with Gasteiger partial charge < -0.3 is 13.3 Å². The Bertz CT molecular complexity index is 144. The van der Waals surface area contributed by atoms with Crippen molar-refractivity contribution in [1.29, 1.82) is 0 Å². The summed E-state index contributed by atoms with van der Waals surface area (Å²) >= 11 is 0. The zero-order valence-corrected chi connectivity index (χ0v) is 10.7. The first-order valence-corrected chi connectivity index (χ1v) is 7.01. The maximum absolute atomic E-state index is 5.69. The number of allylic oxidation sites excluding steroid dienone is 1. The average Bonchev–Trinajstić information content (AvgIpc) is 2.17. The molecular weight excluding hydrogens is 196 g/mol. The quantitative estimate of drug-likeness (QED) is 0.463. The predicted molar refractivity (Wildman–Crippen MR) is 60.3 cm³/mol. The SMILES string of the molecule is C=CC(C)[Si](OCC)(OCC)OCC. The minimum atomic E-state index is -2.52. The van der Waals surface area contributed by atoms with Crippen LogP contribution < -0.4 is 0 Å². The molecule has 0 bridgehead atoms. The normalized spacial score (nSPS) is 14.0. The van der Waals surface area contributed by atoms with E-state index in [4.69, 9.17) is 13.3 Å². The van der Waals surface area contributed by atoms with Crippen molar-refractivity contribution in [3.63, 3.8) is 0 Å². The van der Waals surface area contributed by atoms with Gasteiger partial charge in [-0.3, -0.25) is 0 Å². The summed E-state index contributed by atoms with van der Waals surface area (Å²) in [6.07, 6.45) is 1.84. The third-order valence-corrected chi connectivity index (χ3v) is 5.37. The van der Waals surface area contributed by atoms with Crippen molar-refractivity contribution >= 4 is 8.80 Å². The van der Waals surface area contributed by atoms with Crippen LogP contribution in [0.1, 0.15) is 27.7 Å². The lowest BCUT2D eigenvalue weighted by Gasteiger charge is -2.31. The first kappa shape index (κ1) is 13.8. The van der Waals surface area contributed by atoms with E-state index < -0.39 is 8.80 Å². The molecule has 0 aromatic carbocycles. The van der Waals surface area contributed by atoms with E-state index in [1.807, 2.05) is 33.8 Å². The van der Waals surface area contributed by atoms with E-state index in [0.717, 1.165) is 0 Å². The average molecular weight is 218 g/mol. The van der Waals surface area contributed by atoms with E-state index in [1.54, 1.807) is 0 Å². The summed E-state index contributed by atoms with van der Waals surface area (Å²) in [5.41, 5.74) is 0.141. The maximum atomic E-state index is 5.69. The summed E-state index contributed by atoms with van der Waals surface area (Å²) in [6, 6.07) is 0. The van der Waals surface area contributed by atoms with Crippen molar-refractivity contribution in [2.45, 2.75) is 33.2 Å². The fraction of sp³-hybridized carbons (Fsp3) is 0.800. The Hall–Kier alpha value is -0.163. The molecule has 0 radical (unpaired) electrons. The minimum Gasteiger partial charge on any atom is -0.373 e. The second-order valence-electron chi connectivity index (χ2n) is 2.93. The number of hydrogen-bond acceptors (Lipinski definition) is 3. The molecule has 0 spiro atoms. The van der Waals surface area contributed by atoms with Gasteiger partial charge in [0.25, 0.3) is 0 Å². The van der Waals surface area contributed by atoms with E-state index in [9.17, 15) is 0 Å². The molecule has 0 saturated heterocycles. The topological polar surface area (TPSA) is 27.7 Å². The molecule has 14 heavy (non-hydrogen) atoms. The molecule has 0 fully saturated rings. The lowest BCUT2D eigenvalue weighted by Crippen LogP contribution is -2.49. The van der Waals surface area contributed by atoms with Gasteiger partial charge in [-0.2, -0.15) is 0 Å². The van der Waals surface area contributed by atoms with Crippen LogP contribution in [0.15, 0.2) is 12.7 Å². The Morgan fingerprint density at radius 1 is 1.07 bits per heavy atom. The fourth-order valence-electron chi connectivity index (χ4n) is 1.27. The molecule has 1 unspecified atom stereocenters. The van der Waals surface area contributed by atoms with Gasteiger partial charge in [-0.05, 0) is 20.8 Å². The Morgan fingerprint density at radius 3 is 1.64 bits per heavy atom. The summed E-state index contributed by atoms with van der Waals surface area (Å²) in [5, 5.41) is 0. The highest BCUT2D eigenvalue weighted by atomic mass is 28.4. The standard InChI is InChI=1S/C10H22O3Si/c1-6-10(5)14(11-7-2,12-8-3)13-9-4/h6,10H,1,7-9H2,2-5H3. The van der Waals surface area contributed by atoms with E-state index >= 15 is 0 Å². The molecule has 0 rings (SSSR count). The van der Waals surface area contributed by atoms with Crippen LogP contribution in [0.25, 0.3) is 0 Å². The van der Waals surface area contributed by atoms with E-state index in [-0.39, 0.29) is 5.54 Å². The lowest BCUT2D eigenvalue weighted by molar-refractivity contribution is 0.0667. The number of rotatable bonds is 8. The molecule has 0 N–H and O–H groups in total. The second-order valence-corrected chi connectivity index (χ2v) is 5.91. The first-order valence-electron chi connectivity index (χ1n) is 5.21. The molecule has 3 nitrogen and oxygen atoms in total. The van der Waals surface area contributed by atoms with Crippen molar-refractivity contribution in [2.24, 2.45) is 0 Å². The summed E-state index contributed by atoms with van der Waals surface area (Å²) < 4.78 is 17.1. The third kappa shape index (κ3) is 3.53. The van der Waals surface area contributed by atoms with E-state index in [1.165, 1.54) is 0 Å². The third-order valence-electron chi connectivity index (χ3n) is 1.95.